The molecule has 1 unspecified atom stereocenters. The Kier molecular flexibility index (Phi) is 6.28. The molecule has 136 valence electrons. The highest BCUT2D eigenvalue weighted by molar-refractivity contribution is 4.98. The van der Waals surface area contributed by atoms with E-state index in [0.717, 1.165) is 36.5 Å². The Morgan fingerprint density at radius 2 is 1.79 bits per heavy atom. The van der Waals surface area contributed by atoms with Crippen LogP contribution < -0.4 is 0 Å². The third-order valence-electron chi connectivity index (χ3n) is 5.93. The number of aromatic nitrogens is 3. The first kappa shape index (κ1) is 17.9. The quantitative estimate of drug-likeness (QED) is 0.799. The summed E-state index contributed by atoms with van der Waals surface area (Å²) in [4.78, 5) is 7.29. The van der Waals surface area contributed by atoms with Crippen LogP contribution >= 0.6 is 0 Å². The summed E-state index contributed by atoms with van der Waals surface area (Å²) in [5.41, 5.74) is 0. The summed E-state index contributed by atoms with van der Waals surface area (Å²) in [6.45, 7) is 5.51. The van der Waals surface area contributed by atoms with Crippen molar-refractivity contribution in [2.75, 3.05) is 27.2 Å². The first-order chi connectivity index (χ1) is 11.7. The van der Waals surface area contributed by atoms with Gasteiger partial charge in [-0.1, -0.05) is 19.3 Å². The highest BCUT2D eigenvalue weighted by Crippen LogP contribution is 2.27. The molecule has 0 radical (unpaired) electrons. The Balaban J connectivity index is 1.68. The van der Waals surface area contributed by atoms with Crippen molar-refractivity contribution in [3.8, 4) is 0 Å². The van der Waals surface area contributed by atoms with Gasteiger partial charge in [0.2, 0.25) is 0 Å². The van der Waals surface area contributed by atoms with Gasteiger partial charge in [-0.2, -0.15) is 5.10 Å². The minimum atomic E-state index is 0.0207. The van der Waals surface area contributed by atoms with Gasteiger partial charge in [-0.3, -0.25) is 0 Å². The summed E-state index contributed by atoms with van der Waals surface area (Å²) < 4.78 is 7.71. The van der Waals surface area contributed by atoms with Crippen molar-refractivity contribution in [3.63, 3.8) is 0 Å². The molecule has 2 fully saturated rings. The molecule has 1 saturated heterocycles. The smallest absolute Gasteiger partial charge is 0.156 e. The van der Waals surface area contributed by atoms with E-state index >= 15 is 0 Å². The van der Waals surface area contributed by atoms with E-state index in [1.807, 2.05) is 0 Å². The fourth-order valence-electron chi connectivity index (χ4n) is 4.17. The molecule has 1 aliphatic carbocycles. The number of ether oxygens (including phenoxy) is 1. The molecule has 2 aliphatic rings. The van der Waals surface area contributed by atoms with Crippen LogP contribution in [-0.4, -0.2) is 46.9 Å². The zero-order valence-electron chi connectivity index (χ0n) is 15.7. The van der Waals surface area contributed by atoms with Gasteiger partial charge in [0, 0.05) is 20.1 Å². The Morgan fingerprint density at radius 3 is 2.46 bits per heavy atom. The molecule has 2 heterocycles. The van der Waals surface area contributed by atoms with Gasteiger partial charge in [-0.05, 0) is 64.6 Å². The fraction of sp³-hybridized carbons (Fsp3) is 0.895. The minimum absolute atomic E-state index is 0.0207. The second-order valence-electron chi connectivity index (χ2n) is 7.90. The molecule has 3 rings (SSSR count). The number of methoxy groups -OCH3 is 1. The maximum atomic E-state index is 5.55. The van der Waals surface area contributed by atoms with Gasteiger partial charge in [0.15, 0.2) is 11.6 Å². The molecule has 0 aromatic carbocycles. The van der Waals surface area contributed by atoms with Crippen molar-refractivity contribution in [1.29, 1.82) is 0 Å². The molecule has 0 bridgehead atoms. The lowest BCUT2D eigenvalue weighted by atomic mass is 9.89. The van der Waals surface area contributed by atoms with E-state index in [-0.39, 0.29) is 6.10 Å². The molecule has 0 spiro atoms. The summed E-state index contributed by atoms with van der Waals surface area (Å²) in [6, 6.07) is 0. The molecule has 1 atom stereocenters. The number of nitrogens with zero attached hydrogens (tertiary/aromatic N) is 4. The van der Waals surface area contributed by atoms with E-state index in [2.05, 4.69) is 23.6 Å². The van der Waals surface area contributed by atoms with Crippen molar-refractivity contribution in [2.24, 2.45) is 11.8 Å². The summed E-state index contributed by atoms with van der Waals surface area (Å²) in [7, 11) is 3.98. The first-order valence-electron chi connectivity index (χ1n) is 9.80. The molecular formula is C19H34N4O. The zero-order chi connectivity index (χ0) is 16.9. The van der Waals surface area contributed by atoms with Crippen LogP contribution in [0.15, 0.2) is 0 Å². The number of piperidine rings is 1. The van der Waals surface area contributed by atoms with E-state index in [1.165, 1.54) is 58.0 Å². The highest BCUT2D eigenvalue weighted by atomic mass is 16.5. The van der Waals surface area contributed by atoms with E-state index in [4.69, 9.17) is 14.8 Å². The molecule has 24 heavy (non-hydrogen) atoms. The predicted octanol–water partition coefficient (Wildman–Crippen LogP) is 3.45. The molecule has 5 nitrogen and oxygen atoms in total. The molecule has 0 N–H and O–H groups in total. The second-order valence-corrected chi connectivity index (χ2v) is 7.90. The minimum Gasteiger partial charge on any atom is -0.374 e. The monoisotopic (exact) mass is 334 g/mol. The number of rotatable bonds is 6. The van der Waals surface area contributed by atoms with Crippen molar-refractivity contribution in [3.05, 3.63) is 11.6 Å². The summed E-state index contributed by atoms with van der Waals surface area (Å²) in [6.07, 6.45) is 10.4. The van der Waals surface area contributed by atoms with Gasteiger partial charge in [-0.25, -0.2) is 9.67 Å². The van der Waals surface area contributed by atoms with Crippen molar-refractivity contribution < 1.29 is 4.74 Å². The number of likely N-dealkylation sites (tertiary alicyclic amines) is 1. The summed E-state index contributed by atoms with van der Waals surface area (Å²) in [5.74, 6) is 3.54. The van der Waals surface area contributed by atoms with Crippen LogP contribution in [-0.2, 0) is 17.7 Å². The summed E-state index contributed by atoms with van der Waals surface area (Å²) >= 11 is 0. The van der Waals surface area contributed by atoms with Gasteiger partial charge in [0.25, 0.3) is 0 Å². The van der Waals surface area contributed by atoms with Gasteiger partial charge in [0.1, 0.15) is 6.10 Å². The molecule has 1 aromatic heterocycles. The van der Waals surface area contributed by atoms with E-state index in [0.29, 0.717) is 0 Å². The van der Waals surface area contributed by atoms with Gasteiger partial charge >= 0.3 is 0 Å². The molecule has 1 saturated carbocycles. The van der Waals surface area contributed by atoms with Crippen LogP contribution in [0.25, 0.3) is 0 Å². The standard InChI is InChI=1S/C19H34N4O/c1-15(24-3)19-20-18(13-16-9-11-22(2)12-10-16)21-23(19)14-17-7-5-4-6-8-17/h15-17H,4-14H2,1-3H3. The fourth-order valence-corrected chi connectivity index (χ4v) is 4.17. The molecule has 1 aromatic rings. The van der Waals surface area contributed by atoms with E-state index in [9.17, 15) is 0 Å². The number of hydrogen-bond donors (Lipinski definition) is 0. The van der Waals surface area contributed by atoms with Gasteiger partial charge < -0.3 is 9.64 Å². The van der Waals surface area contributed by atoms with Gasteiger partial charge in [0.05, 0.1) is 0 Å². The van der Waals surface area contributed by atoms with Crippen LogP contribution in [0.4, 0.5) is 0 Å². The predicted molar refractivity (Wildman–Crippen MR) is 95.9 cm³/mol. The third-order valence-corrected chi connectivity index (χ3v) is 5.93. The average Bonchev–Trinajstić information content (AvgIpc) is 2.99. The largest absolute Gasteiger partial charge is 0.374 e. The topological polar surface area (TPSA) is 43.2 Å². The lowest BCUT2D eigenvalue weighted by Crippen LogP contribution is -2.31. The van der Waals surface area contributed by atoms with Crippen LogP contribution in [0, 0.1) is 11.8 Å². The van der Waals surface area contributed by atoms with E-state index < -0.39 is 0 Å². The van der Waals surface area contributed by atoms with Crippen molar-refractivity contribution in [2.45, 2.75) is 70.9 Å². The summed E-state index contributed by atoms with van der Waals surface area (Å²) in [5, 5.41) is 4.90. The molecule has 5 heteroatoms. The highest BCUT2D eigenvalue weighted by Gasteiger charge is 2.23. The van der Waals surface area contributed by atoms with Crippen LogP contribution in [0.2, 0.25) is 0 Å². The third kappa shape index (κ3) is 4.57. The van der Waals surface area contributed by atoms with Crippen LogP contribution in [0.1, 0.15) is 69.6 Å². The Bertz CT molecular complexity index is 501. The number of hydrogen-bond acceptors (Lipinski definition) is 4. The Labute approximate surface area is 146 Å². The lowest BCUT2D eigenvalue weighted by Gasteiger charge is -2.28. The first-order valence-corrected chi connectivity index (χ1v) is 9.80. The second kappa shape index (κ2) is 8.43. The Hall–Kier alpha value is -0.940. The average molecular weight is 335 g/mol. The van der Waals surface area contributed by atoms with Crippen LogP contribution in [0.3, 0.4) is 0 Å². The lowest BCUT2D eigenvalue weighted by molar-refractivity contribution is 0.105. The molecular weight excluding hydrogens is 300 g/mol. The SMILES string of the molecule is COC(C)c1nc(CC2CCN(C)CC2)nn1CC1CCCCC1. The van der Waals surface area contributed by atoms with E-state index in [1.54, 1.807) is 7.11 Å². The molecule has 1 aliphatic heterocycles. The molecule has 0 amide bonds. The zero-order valence-corrected chi connectivity index (χ0v) is 15.7. The van der Waals surface area contributed by atoms with Crippen molar-refractivity contribution >= 4 is 0 Å². The maximum absolute atomic E-state index is 5.55. The maximum Gasteiger partial charge on any atom is 0.156 e. The van der Waals surface area contributed by atoms with Crippen LogP contribution in [0.5, 0.6) is 0 Å². The van der Waals surface area contributed by atoms with Crippen molar-refractivity contribution in [1.82, 2.24) is 19.7 Å². The Morgan fingerprint density at radius 1 is 1.08 bits per heavy atom. The van der Waals surface area contributed by atoms with Gasteiger partial charge in [-0.15, -0.1) is 0 Å². The normalized spacial score (nSPS) is 22.8.